The van der Waals surface area contributed by atoms with E-state index >= 15 is 0 Å². The Morgan fingerprint density at radius 2 is 1.50 bits per heavy atom. The highest BCUT2D eigenvalue weighted by Gasteiger charge is 2.54. The monoisotopic (exact) mass is 385 g/mol. The Kier molecular flexibility index (Phi) is 5.24. The van der Waals surface area contributed by atoms with Gasteiger partial charge in [0, 0.05) is 0 Å². The van der Waals surface area contributed by atoms with Gasteiger partial charge >= 0.3 is 0 Å². The van der Waals surface area contributed by atoms with Crippen LogP contribution < -0.4 is 20.9 Å². The molecule has 0 aromatic heterocycles. The molecule has 4 fully saturated rings. The second kappa shape index (κ2) is 7.81. The SMILES string of the molecule is O=C(COc1ccccc1)NCC(=O)NNC(=O)C12CC3CC(CC(C3)C1)C2. The number of hydrogen-bond acceptors (Lipinski definition) is 4. The van der Waals surface area contributed by atoms with Gasteiger partial charge in [-0.3, -0.25) is 25.2 Å². The van der Waals surface area contributed by atoms with Crippen LogP contribution in [-0.4, -0.2) is 30.9 Å². The Balaban J connectivity index is 1.17. The van der Waals surface area contributed by atoms with Crippen LogP contribution in [0.2, 0.25) is 0 Å². The van der Waals surface area contributed by atoms with Gasteiger partial charge in [-0.1, -0.05) is 18.2 Å². The highest BCUT2D eigenvalue weighted by atomic mass is 16.5. The zero-order valence-electron chi connectivity index (χ0n) is 15.9. The predicted molar refractivity (Wildman–Crippen MR) is 102 cm³/mol. The molecule has 7 heteroatoms. The number of amides is 3. The molecule has 0 heterocycles. The second-order valence-electron chi connectivity index (χ2n) is 8.58. The van der Waals surface area contributed by atoms with E-state index in [1.807, 2.05) is 18.2 Å². The van der Waals surface area contributed by atoms with Gasteiger partial charge in [-0.25, -0.2) is 0 Å². The van der Waals surface area contributed by atoms with Crippen molar-refractivity contribution in [3.05, 3.63) is 30.3 Å². The van der Waals surface area contributed by atoms with E-state index in [4.69, 9.17) is 4.74 Å². The van der Waals surface area contributed by atoms with Crippen molar-refractivity contribution in [2.24, 2.45) is 23.2 Å². The van der Waals surface area contributed by atoms with E-state index in [-0.39, 0.29) is 24.5 Å². The van der Waals surface area contributed by atoms with Gasteiger partial charge in [0.25, 0.3) is 11.8 Å². The molecular weight excluding hydrogens is 358 g/mol. The first-order valence-electron chi connectivity index (χ1n) is 10.1. The lowest BCUT2D eigenvalue weighted by Crippen LogP contribution is -2.57. The standard InChI is InChI=1S/C21H27N3O4/c25-18(12-22-19(26)13-28-17-4-2-1-3-5-17)23-24-20(27)21-9-14-6-15(10-21)8-16(7-14)11-21/h1-5,14-16H,6-13H2,(H,22,26)(H,23,25)(H,24,27). The molecule has 0 radical (unpaired) electrons. The highest BCUT2D eigenvalue weighted by Crippen LogP contribution is 2.59. The molecule has 5 rings (SSSR count). The van der Waals surface area contributed by atoms with Gasteiger partial charge in [-0.15, -0.1) is 0 Å². The molecule has 4 aliphatic carbocycles. The van der Waals surface area contributed by atoms with Gasteiger partial charge in [0.05, 0.1) is 12.0 Å². The van der Waals surface area contributed by atoms with E-state index in [2.05, 4.69) is 16.2 Å². The molecule has 150 valence electrons. The van der Waals surface area contributed by atoms with E-state index in [1.165, 1.54) is 19.3 Å². The van der Waals surface area contributed by atoms with Crippen molar-refractivity contribution in [2.75, 3.05) is 13.2 Å². The number of nitrogens with one attached hydrogen (secondary N) is 3. The third kappa shape index (κ3) is 4.13. The molecule has 3 N–H and O–H groups in total. The van der Waals surface area contributed by atoms with Gasteiger partial charge in [-0.2, -0.15) is 0 Å². The Labute approximate surface area is 164 Å². The third-order valence-electron chi connectivity index (χ3n) is 6.39. The minimum absolute atomic E-state index is 0.0707. The van der Waals surface area contributed by atoms with Crippen LogP contribution in [0.4, 0.5) is 0 Å². The Hall–Kier alpha value is -2.57. The van der Waals surface area contributed by atoms with Gasteiger partial charge < -0.3 is 10.1 Å². The summed E-state index contributed by atoms with van der Waals surface area (Å²) in [4.78, 5) is 36.5. The Bertz CT molecular complexity index is 714. The van der Waals surface area contributed by atoms with Crippen molar-refractivity contribution in [1.82, 2.24) is 16.2 Å². The van der Waals surface area contributed by atoms with Crippen molar-refractivity contribution >= 4 is 17.7 Å². The number of ether oxygens (including phenoxy) is 1. The lowest BCUT2D eigenvalue weighted by Gasteiger charge is -2.55. The lowest BCUT2D eigenvalue weighted by molar-refractivity contribution is -0.148. The maximum Gasteiger partial charge on any atom is 0.258 e. The molecular formula is C21H27N3O4. The van der Waals surface area contributed by atoms with Crippen LogP contribution in [0.3, 0.4) is 0 Å². The fourth-order valence-electron chi connectivity index (χ4n) is 5.59. The highest BCUT2D eigenvalue weighted by molar-refractivity contribution is 5.88. The van der Waals surface area contributed by atoms with Gasteiger partial charge in [0.15, 0.2) is 6.61 Å². The summed E-state index contributed by atoms with van der Waals surface area (Å²) in [5.41, 5.74) is 4.73. The van der Waals surface area contributed by atoms with Crippen LogP contribution >= 0.6 is 0 Å². The third-order valence-corrected chi connectivity index (χ3v) is 6.39. The largest absolute Gasteiger partial charge is 0.484 e. The number of carbonyl (C=O) groups excluding carboxylic acids is 3. The average Bonchev–Trinajstić information content (AvgIpc) is 2.68. The molecule has 3 amide bonds. The smallest absolute Gasteiger partial charge is 0.258 e. The zero-order chi connectivity index (χ0) is 19.6. The molecule has 28 heavy (non-hydrogen) atoms. The minimum atomic E-state index is -0.453. The van der Waals surface area contributed by atoms with Gasteiger partial charge in [0.1, 0.15) is 5.75 Å². The molecule has 4 bridgehead atoms. The molecule has 0 spiro atoms. The summed E-state index contributed by atoms with van der Waals surface area (Å²) in [6.45, 7) is -0.380. The fraction of sp³-hybridized carbons (Fsp3) is 0.571. The molecule has 4 saturated carbocycles. The van der Waals surface area contributed by atoms with Crippen LogP contribution in [0.5, 0.6) is 5.75 Å². The molecule has 1 aromatic rings. The summed E-state index contributed by atoms with van der Waals surface area (Å²) in [6, 6.07) is 8.98. The normalized spacial score (nSPS) is 29.8. The number of benzene rings is 1. The van der Waals surface area contributed by atoms with E-state index < -0.39 is 11.8 Å². The molecule has 0 saturated heterocycles. The van der Waals surface area contributed by atoms with Crippen molar-refractivity contribution in [1.29, 1.82) is 0 Å². The Morgan fingerprint density at radius 3 is 2.11 bits per heavy atom. The summed E-state index contributed by atoms with van der Waals surface area (Å²) in [5, 5.41) is 2.48. The van der Waals surface area contributed by atoms with Crippen molar-refractivity contribution in [2.45, 2.75) is 38.5 Å². The first kappa shape index (κ1) is 18.8. The van der Waals surface area contributed by atoms with Gasteiger partial charge in [0.2, 0.25) is 5.91 Å². The van der Waals surface area contributed by atoms with Crippen molar-refractivity contribution in [3.63, 3.8) is 0 Å². The van der Waals surface area contributed by atoms with Crippen molar-refractivity contribution < 1.29 is 19.1 Å². The lowest BCUT2D eigenvalue weighted by atomic mass is 9.49. The maximum atomic E-state index is 12.8. The summed E-state index contributed by atoms with van der Waals surface area (Å²) in [5.74, 6) is 1.66. The zero-order valence-corrected chi connectivity index (χ0v) is 15.9. The number of para-hydroxylation sites is 1. The van der Waals surface area contributed by atoms with E-state index in [1.54, 1.807) is 12.1 Å². The average molecular weight is 385 g/mol. The first-order valence-corrected chi connectivity index (χ1v) is 10.1. The maximum absolute atomic E-state index is 12.8. The second-order valence-corrected chi connectivity index (χ2v) is 8.58. The van der Waals surface area contributed by atoms with Crippen LogP contribution in [0.15, 0.2) is 30.3 Å². The minimum Gasteiger partial charge on any atom is -0.484 e. The van der Waals surface area contributed by atoms with Crippen LogP contribution in [0.25, 0.3) is 0 Å². The van der Waals surface area contributed by atoms with Gasteiger partial charge in [-0.05, 0) is 68.4 Å². The predicted octanol–water partition coefficient (Wildman–Crippen LogP) is 1.55. The quantitative estimate of drug-likeness (QED) is 0.647. The van der Waals surface area contributed by atoms with E-state index in [0.717, 1.165) is 19.3 Å². The first-order chi connectivity index (χ1) is 13.5. The van der Waals surface area contributed by atoms with E-state index in [9.17, 15) is 14.4 Å². The van der Waals surface area contributed by atoms with Crippen LogP contribution in [-0.2, 0) is 14.4 Å². The van der Waals surface area contributed by atoms with E-state index in [0.29, 0.717) is 23.5 Å². The molecule has 1 aromatic carbocycles. The number of hydrogen-bond donors (Lipinski definition) is 3. The topological polar surface area (TPSA) is 96.5 Å². The number of carbonyl (C=O) groups is 3. The molecule has 0 unspecified atom stereocenters. The number of rotatable bonds is 6. The fourth-order valence-corrected chi connectivity index (χ4v) is 5.59. The summed E-state index contributed by atoms with van der Waals surface area (Å²) in [7, 11) is 0. The summed E-state index contributed by atoms with van der Waals surface area (Å²) < 4.78 is 5.32. The molecule has 0 atom stereocenters. The number of hydrazine groups is 1. The molecule has 7 nitrogen and oxygen atoms in total. The summed E-state index contributed by atoms with van der Waals surface area (Å²) in [6.07, 6.45) is 6.60. The molecule has 0 aliphatic heterocycles. The van der Waals surface area contributed by atoms with Crippen LogP contribution in [0, 0.1) is 23.2 Å². The molecule has 4 aliphatic rings. The van der Waals surface area contributed by atoms with Crippen LogP contribution in [0.1, 0.15) is 38.5 Å². The summed E-state index contributed by atoms with van der Waals surface area (Å²) >= 11 is 0. The van der Waals surface area contributed by atoms with Crippen molar-refractivity contribution in [3.8, 4) is 5.75 Å². The Morgan fingerprint density at radius 1 is 0.893 bits per heavy atom.